The average molecular weight is 514 g/mol. The summed E-state index contributed by atoms with van der Waals surface area (Å²) in [6, 6.07) is 0.0705. The van der Waals surface area contributed by atoms with Gasteiger partial charge >= 0.3 is 6.09 Å². The number of amides is 2. The zero-order valence-electron chi connectivity index (χ0n) is 20.7. The molecule has 0 unspecified atom stereocenters. The normalized spacial score (nSPS) is 17.2. The van der Waals surface area contributed by atoms with Crippen molar-refractivity contribution in [2.45, 2.75) is 51.6 Å². The van der Waals surface area contributed by atoms with Crippen LogP contribution >= 0.6 is 11.3 Å². The molecule has 1 saturated heterocycles. The molecule has 11 nitrogen and oxygen atoms in total. The van der Waals surface area contributed by atoms with Crippen molar-refractivity contribution in [3.63, 3.8) is 0 Å². The summed E-state index contributed by atoms with van der Waals surface area (Å²) in [7, 11) is 1.57. The highest BCUT2D eigenvalue weighted by Crippen LogP contribution is 2.38. The first-order valence-electron chi connectivity index (χ1n) is 12.3. The Morgan fingerprint density at radius 3 is 2.69 bits per heavy atom. The summed E-state index contributed by atoms with van der Waals surface area (Å²) in [5.41, 5.74) is 0.972. The maximum absolute atomic E-state index is 13.8. The fraction of sp³-hybridized carbons (Fsp3) is 0.542. The minimum absolute atomic E-state index is 0.116. The van der Waals surface area contributed by atoms with Gasteiger partial charge in [0, 0.05) is 43.8 Å². The van der Waals surface area contributed by atoms with Gasteiger partial charge in [0.05, 0.1) is 18.4 Å². The maximum atomic E-state index is 13.8. The molecule has 2 N–H and O–H groups in total. The summed E-state index contributed by atoms with van der Waals surface area (Å²) in [5, 5.41) is 19.1. The second kappa shape index (κ2) is 9.92. The van der Waals surface area contributed by atoms with Gasteiger partial charge in [0.15, 0.2) is 23.1 Å². The first kappa shape index (κ1) is 24.3. The lowest BCUT2D eigenvalue weighted by atomic mass is 10.0. The Hall–Kier alpha value is -3.41. The van der Waals surface area contributed by atoms with Crippen LogP contribution in [-0.4, -0.2) is 85.3 Å². The van der Waals surface area contributed by atoms with Crippen LogP contribution in [0.3, 0.4) is 0 Å². The number of fused-ring (bicyclic) bond motifs is 1. The highest BCUT2D eigenvalue weighted by molar-refractivity contribution is 7.16. The van der Waals surface area contributed by atoms with Gasteiger partial charge in [0.2, 0.25) is 0 Å². The second-order valence-corrected chi connectivity index (χ2v) is 10.3. The SMILES string of the molecule is CCOc1c(N[C@@H](C)C2CC2)nc(-c2cnn3ccsc23)nc1C(=O)N1CCC(N(C)C(=O)O)CC1. The molecule has 1 saturated carbocycles. The minimum Gasteiger partial charge on any atom is -0.488 e. The lowest BCUT2D eigenvalue weighted by molar-refractivity contribution is 0.0634. The Kier molecular flexibility index (Phi) is 6.69. The van der Waals surface area contributed by atoms with Crippen LogP contribution in [0.2, 0.25) is 0 Å². The maximum Gasteiger partial charge on any atom is 0.407 e. The van der Waals surface area contributed by atoms with Gasteiger partial charge in [-0.15, -0.1) is 11.3 Å². The molecular weight excluding hydrogens is 482 g/mol. The molecule has 4 heterocycles. The second-order valence-electron chi connectivity index (χ2n) is 9.40. The number of carbonyl (C=O) groups excluding carboxylic acids is 1. The van der Waals surface area contributed by atoms with Crippen molar-refractivity contribution in [3.05, 3.63) is 23.5 Å². The quantitative estimate of drug-likeness (QED) is 0.467. The van der Waals surface area contributed by atoms with Crippen molar-refractivity contribution in [3.8, 4) is 17.1 Å². The third-order valence-electron chi connectivity index (χ3n) is 7.02. The molecule has 0 aromatic carbocycles. The molecular formula is C24H31N7O4S. The molecule has 192 valence electrons. The minimum atomic E-state index is -0.958. The van der Waals surface area contributed by atoms with E-state index in [0.29, 0.717) is 55.8 Å². The van der Waals surface area contributed by atoms with Gasteiger partial charge in [0.1, 0.15) is 4.83 Å². The Bertz CT molecular complexity index is 1260. The summed E-state index contributed by atoms with van der Waals surface area (Å²) in [5.74, 6) is 1.63. The largest absolute Gasteiger partial charge is 0.488 e. The van der Waals surface area contributed by atoms with E-state index in [1.165, 1.54) is 29.1 Å². The van der Waals surface area contributed by atoms with Gasteiger partial charge in [-0.25, -0.2) is 19.3 Å². The molecule has 2 fully saturated rings. The van der Waals surface area contributed by atoms with E-state index in [4.69, 9.17) is 14.7 Å². The van der Waals surface area contributed by atoms with E-state index in [0.717, 1.165) is 10.4 Å². The van der Waals surface area contributed by atoms with Crippen LogP contribution in [0.1, 0.15) is 50.0 Å². The number of likely N-dealkylation sites (tertiary alicyclic amines) is 1. The van der Waals surface area contributed by atoms with Crippen LogP contribution < -0.4 is 10.1 Å². The summed E-state index contributed by atoms with van der Waals surface area (Å²) in [6.45, 7) is 5.24. The first-order valence-corrected chi connectivity index (χ1v) is 13.2. The summed E-state index contributed by atoms with van der Waals surface area (Å²) in [6.07, 6.45) is 6.11. The summed E-state index contributed by atoms with van der Waals surface area (Å²) >= 11 is 1.53. The van der Waals surface area contributed by atoms with Gasteiger partial charge < -0.3 is 25.0 Å². The van der Waals surface area contributed by atoms with Gasteiger partial charge in [-0.2, -0.15) is 5.10 Å². The molecule has 2 aliphatic rings. The van der Waals surface area contributed by atoms with Crippen molar-refractivity contribution in [1.29, 1.82) is 0 Å². The zero-order chi connectivity index (χ0) is 25.4. The van der Waals surface area contributed by atoms with Gasteiger partial charge in [0.25, 0.3) is 5.91 Å². The number of aromatic nitrogens is 4. The number of carboxylic acid groups (broad SMARTS) is 1. The number of carbonyl (C=O) groups is 2. The molecule has 1 aliphatic heterocycles. The Balaban J connectivity index is 1.51. The standard InChI is InChI=1S/C24H31N7O4S/c1-4-35-19-18(22(32)30-9-7-16(8-10-30)29(3)24(33)34)27-20(17-13-25-31-11-12-36-23(17)31)28-21(19)26-14(2)15-5-6-15/h11-16H,4-10H2,1-3H3,(H,33,34)(H,26,27,28)/t14-/m0/s1. The Morgan fingerprint density at radius 2 is 2.03 bits per heavy atom. The molecule has 0 spiro atoms. The number of ether oxygens (including phenoxy) is 1. The van der Waals surface area contributed by atoms with Gasteiger partial charge in [-0.1, -0.05) is 0 Å². The predicted molar refractivity (Wildman–Crippen MR) is 136 cm³/mol. The lowest BCUT2D eigenvalue weighted by Gasteiger charge is -2.35. The monoisotopic (exact) mass is 513 g/mol. The number of piperidine rings is 1. The third kappa shape index (κ3) is 4.69. The van der Waals surface area contributed by atoms with E-state index in [2.05, 4.69) is 17.3 Å². The number of hydrogen-bond donors (Lipinski definition) is 2. The van der Waals surface area contributed by atoms with E-state index < -0.39 is 6.09 Å². The van der Waals surface area contributed by atoms with E-state index in [-0.39, 0.29) is 23.7 Å². The molecule has 0 bridgehead atoms. The number of anilines is 1. The van der Waals surface area contributed by atoms with Crippen LogP contribution in [0.4, 0.5) is 10.6 Å². The van der Waals surface area contributed by atoms with Crippen molar-refractivity contribution in [2.75, 3.05) is 32.1 Å². The van der Waals surface area contributed by atoms with Crippen LogP contribution in [0.25, 0.3) is 16.2 Å². The van der Waals surface area contributed by atoms with E-state index in [9.17, 15) is 14.7 Å². The predicted octanol–water partition coefficient (Wildman–Crippen LogP) is 3.68. The van der Waals surface area contributed by atoms with Gasteiger partial charge in [-0.05, 0) is 45.4 Å². The lowest BCUT2D eigenvalue weighted by Crippen LogP contribution is -2.47. The number of hydrogen-bond acceptors (Lipinski definition) is 8. The van der Waals surface area contributed by atoms with E-state index in [1.807, 2.05) is 18.5 Å². The smallest absolute Gasteiger partial charge is 0.407 e. The number of nitrogens with one attached hydrogen (secondary N) is 1. The summed E-state index contributed by atoms with van der Waals surface area (Å²) in [4.78, 5) is 38.7. The average Bonchev–Trinajstić information content (AvgIpc) is 3.50. The highest BCUT2D eigenvalue weighted by Gasteiger charge is 2.33. The molecule has 3 aromatic heterocycles. The fourth-order valence-corrected chi connectivity index (χ4v) is 5.46. The van der Waals surface area contributed by atoms with E-state index in [1.54, 1.807) is 22.7 Å². The number of nitrogens with zero attached hydrogens (tertiary/aromatic N) is 6. The zero-order valence-corrected chi connectivity index (χ0v) is 21.5. The van der Waals surface area contributed by atoms with Crippen LogP contribution in [0.5, 0.6) is 5.75 Å². The number of rotatable bonds is 8. The van der Waals surface area contributed by atoms with E-state index >= 15 is 0 Å². The Labute approximate surface area is 213 Å². The van der Waals surface area contributed by atoms with Crippen molar-refractivity contribution >= 4 is 34.0 Å². The highest BCUT2D eigenvalue weighted by atomic mass is 32.1. The van der Waals surface area contributed by atoms with Crippen LogP contribution in [-0.2, 0) is 0 Å². The molecule has 1 atom stereocenters. The van der Waals surface area contributed by atoms with Crippen molar-refractivity contribution in [2.24, 2.45) is 5.92 Å². The molecule has 12 heteroatoms. The van der Waals surface area contributed by atoms with Crippen LogP contribution in [0.15, 0.2) is 17.8 Å². The third-order valence-corrected chi connectivity index (χ3v) is 7.91. The van der Waals surface area contributed by atoms with Crippen molar-refractivity contribution < 1.29 is 19.4 Å². The number of thiazole rings is 1. The molecule has 3 aromatic rings. The summed E-state index contributed by atoms with van der Waals surface area (Å²) < 4.78 is 7.75. The molecule has 0 radical (unpaired) electrons. The van der Waals surface area contributed by atoms with Gasteiger partial charge in [-0.3, -0.25) is 4.79 Å². The molecule has 2 amide bonds. The van der Waals surface area contributed by atoms with Crippen LogP contribution in [0, 0.1) is 5.92 Å². The molecule has 5 rings (SSSR count). The topological polar surface area (TPSA) is 125 Å². The fourth-order valence-electron chi connectivity index (χ4n) is 4.67. The van der Waals surface area contributed by atoms with Crippen molar-refractivity contribution in [1.82, 2.24) is 29.4 Å². The Morgan fingerprint density at radius 1 is 1.28 bits per heavy atom. The molecule has 1 aliphatic carbocycles. The molecule has 36 heavy (non-hydrogen) atoms. The first-order chi connectivity index (χ1) is 17.4.